The summed E-state index contributed by atoms with van der Waals surface area (Å²) in [4.78, 5) is 19.3. The zero-order chi connectivity index (χ0) is 14.8. The molecule has 0 aliphatic carbocycles. The number of hydrogen-bond acceptors (Lipinski definition) is 5. The SMILES string of the molecule is Cn1nccc1Cn1c(SCC(=O)O)nc2cnccc21. The Morgan fingerprint density at radius 3 is 2.95 bits per heavy atom. The minimum atomic E-state index is -0.864. The molecule has 8 heteroatoms. The molecule has 0 bridgehead atoms. The monoisotopic (exact) mass is 303 g/mol. The molecular formula is C13H13N5O2S. The Balaban J connectivity index is 2.02. The molecule has 0 unspecified atom stereocenters. The van der Waals surface area contributed by atoms with E-state index >= 15 is 0 Å². The number of fused-ring (bicyclic) bond motifs is 1. The molecule has 0 amide bonds. The van der Waals surface area contributed by atoms with Gasteiger partial charge in [0.05, 0.1) is 29.7 Å². The molecule has 1 N–H and O–H groups in total. The van der Waals surface area contributed by atoms with Gasteiger partial charge in [0.15, 0.2) is 5.16 Å². The van der Waals surface area contributed by atoms with Crippen LogP contribution in [0.3, 0.4) is 0 Å². The van der Waals surface area contributed by atoms with Gasteiger partial charge in [-0.25, -0.2) is 4.98 Å². The molecule has 108 valence electrons. The molecule has 3 rings (SSSR count). The molecule has 21 heavy (non-hydrogen) atoms. The number of carboxylic acid groups (broad SMARTS) is 1. The van der Waals surface area contributed by atoms with Gasteiger partial charge in [0.2, 0.25) is 0 Å². The van der Waals surface area contributed by atoms with Gasteiger partial charge < -0.3 is 9.67 Å². The predicted octanol–water partition coefficient (Wildman–Crippen LogP) is 1.39. The molecule has 0 atom stereocenters. The van der Waals surface area contributed by atoms with Crippen LogP contribution in [-0.4, -0.2) is 41.1 Å². The Morgan fingerprint density at radius 2 is 2.24 bits per heavy atom. The van der Waals surface area contributed by atoms with Gasteiger partial charge in [-0.15, -0.1) is 0 Å². The van der Waals surface area contributed by atoms with Crippen molar-refractivity contribution in [3.05, 3.63) is 36.4 Å². The van der Waals surface area contributed by atoms with Crippen LogP contribution in [0, 0.1) is 0 Å². The van der Waals surface area contributed by atoms with Gasteiger partial charge in [0, 0.05) is 19.4 Å². The maximum atomic E-state index is 10.8. The Morgan fingerprint density at radius 1 is 1.38 bits per heavy atom. The Bertz CT molecular complexity index is 795. The van der Waals surface area contributed by atoms with Gasteiger partial charge >= 0.3 is 5.97 Å². The molecule has 3 aromatic heterocycles. The van der Waals surface area contributed by atoms with E-state index in [9.17, 15) is 4.79 Å². The Hall–Kier alpha value is -2.35. The fourth-order valence-electron chi connectivity index (χ4n) is 2.07. The number of rotatable bonds is 5. The average Bonchev–Trinajstić information content (AvgIpc) is 3.02. The quantitative estimate of drug-likeness (QED) is 0.717. The molecule has 7 nitrogen and oxygen atoms in total. The number of carboxylic acids is 1. The van der Waals surface area contributed by atoms with Crippen molar-refractivity contribution in [3.8, 4) is 0 Å². The van der Waals surface area contributed by atoms with Crippen molar-refractivity contribution in [3.63, 3.8) is 0 Å². The molecule has 0 aromatic carbocycles. The van der Waals surface area contributed by atoms with Crippen LogP contribution in [0.1, 0.15) is 5.69 Å². The number of thioether (sulfide) groups is 1. The van der Waals surface area contributed by atoms with Crippen LogP contribution in [0.4, 0.5) is 0 Å². The molecule has 0 aliphatic rings. The largest absolute Gasteiger partial charge is 0.481 e. The average molecular weight is 303 g/mol. The number of pyridine rings is 1. The van der Waals surface area contributed by atoms with Crippen LogP contribution in [0.2, 0.25) is 0 Å². The molecule has 0 fully saturated rings. The topological polar surface area (TPSA) is 85.8 Å². The lowest BCUT2D eigenvalue weighted by Crippen LogP contribution is -2.08. The summed E-state index contributed by atoms with van der Waals surface area (Å²) >= 11 is 1.20. The van der Waals surface area contributed by atoms with Gasteiger partial charge in [-0.05, 0) is 12.1 Å². The van der Waals surface area contributed by atoms with Crippen LogP contribution in [0.15, 0.2) is 35.9 Å². The first-order valence-corrected chi connectivity index (χ1v) is 7.25. The second kappa shape index (κ2) is 5.57. The number of carbonyl (C=O) groups is 1. The first kappa shape index (κ1) is 13.6. The third-order valence-electron chi connectivity index (χ3n) is 3.08. The highest BCUT2D eigenvalue weighted by molar-refractivity contribution is 7.99. The second-order valence-electron chi connectivity index (χ2n) is 4.47. The standard InChI is InChI=1S/C13H13N5O2S/c1-17-9(2-5-15-17)7-18-11-3-4-14-6-10(11)16-13(18)21-8-12(19)20/h2-6H,7-8H2,1H3,(H,19,20). The summed E-state index contributed by atoms with van der Waals surface area (Å²) in [5.41, 5.74) is 2.70. The first-order chi connectivity index (χ1) is 10.1. The van der Waals surface area contributed by atoms with Crippen molar-refractivity contribution in [2.45, 2.75) is 11.7 Å². The number of imidazole rings is 1. The minimum absolute atomic E-state index is 0.0257. The van der Waals surface area contributed by atoms with Gasteiger partial charge in [0.25, 0.3) is 0 Å². The maximum Gasteiger partial charge on any atom is 0.313 e. The molecular weight excluding hydrogens is 290 g/mol. The van der Waals surface area contributed by atoms with E-state index in [1.807, 2.05) is 23.7 Å². The smallest absolute Gasteiger partial charge is 0.313 e. The molecule has 3 aromatic rings. The normalized spacial score (nSPS) is 11.1. The van der Waals surface area contributed by atoms with Gasteiger partial charge in [0.1, 0.15) is 5.52 Å². The van der Waals surface area contributed by atoms with Gasteiger partial charge in [-0.3, -0.25) is 14.5 Å². The lowest BCUT2D eigenvalue weighted by molar-refractivity contribution is -0.133. The van der Waals surface area contributed by atoms with E-state index in [1.165, 1.54) is 11.8 Å². The molecule has 0 radical (unpaired) electrons. The zero-order valence-corrected chi connectivity index (χ0v) is 12.1. The minimum Gasteiger partial charge on any atom is -0.481 e. The lowest BCUT2D eigenvalue weighted by Gasteiger charge is -2.08. The van der Waals surface area contributed by atoms with E-state index in [0.717, 1.165) is 16.7 Å². The third kappa shape index (κ3) is 2.75. The predicted molar refractivity (Wildman–Crippen MR) is 78.2 cm³/mol. The van der Waals surface area contributed by atoms with Crippen LogP contribution >= 0.6 is 11.8 Å². The van der Waals surface area contributed by atoms with Crippen LogP contribution in [0.5, 0.6) is 0 Å². The summed E-state index contributed by atoms with van der Waals surface area (Å²) in [6.07, 6.45) is 5.12. The van der Waals surface area contributed by atoms with Crippen molar-refractivity contribution in [2.75, 3.05) is 5.75 Å². The van der Waals surface area contributed by atoms with Crippen LogP contribution in [0.25, 0.3) is 11.0 Å². The van der Waals surface area contributed by atoms with Gasteiger partial charge in [-0.1, -0.05) is 11.8 Å². The van der Waals surface area contributed by atoms with E-state index in [2.05, 4.69) is 15.1 Å². The van der Waals surface area contributed by atoms with Crippen molar-refractivity contribution < 1.29 is 9.90 Å². The summed E-state index contributed by atoms with van der Waals surface area (Å²) < 4.78 is 3.78. The lowest BCUT2D eigenvalue weighted by atomic mass is 10.4. The zero-order valence-electron chi connectivity index (χ0n) is 11.3. The van der Waals surface area contributed by atoms with E-state index in [1.54, 1.807) is 23.3 Å². The summed E-state index contributed by atoms with van der Waals surface area (Å²) in [6, 6.07) is 3.81. The van der Waals surface area contributed by atoms with E-state index in [0.29, 0.717) is 11.7 Å². The van der Waals surface area contributed by atoms with Crippen molar-refractivity contribution in [1.29, 1.82) is 0 Å². The summed E-state index contributed by atoms with van der Waals surface area (Å²) in [5, 5.41) is 13.7. The highest BCUT2D eigenvalue weighted by atomic mass is 32.2. The fraction of sp³-hybridized carbons (Fsp3) is 0.231. The fourth-order valence-corrected chi connectivity index (χ4v) is 2.80. The van der Waals surface area contributed by atoms with Gasteiger partial charge in [-0.2, -0.15) is 5.10 Å². The Labute approximate surface area is 124 Å². The molecule has 0 saturated carbocycles. The van der Waals surface area contributed by atoms with Crippen molar-refractivity contribution in [2.24, 2.45) is 7.05 Å². The number of aromatic nitrogens is 5. The highest BCUT2D eigenvalue weighted by Gasteiger charge is 2.14. The van der Waals surface area contributed by atoms with Crippen molar-refractivity contribution in [1.82, 2.24) is 24.3 Å². The number of aliphatic carboxylic acids is 1. The second-order valence-corrected chi connectivity index (χ2v) is 5.42. The summed E-state index contributed by atoms with van der Waals surface area (Å²) in [6.45, 7) is 0.582. The van der Waals surface area contributed by atoms with E-state index in [-0.39, 0.29) is 5.75 Å². The highest BCUT2D eigenvalue weighted by Crippen LogP contribution is 2.24. The first-order valence-electron chi connectivity index (χ1n) is 6.27. The molecule has 0 saturated heterocycles. The summed E-state index contributed by atoms with van der Waals surface area (Å²) in [7, 11) is 1.88. The molecule has 0 spiro atoms. The Kier molecular flexibility index (Phi) is 3.61. The summed E-state index contributed by atoms with van der Waals surface area (Å²) in [5.74, 6) is -0.889. The van der Waals surface area contributed by atoms with E-state index in [4.69, 9.17) is 5.11 Å². The van der Waals surface area contributed by atoms with Crippen LogP contribution in [-0.2, 0) is 18.4 Å². The van der Waals surface area contributed by atoms with Crippen LogP contribution < -0.4 is 0 Å². The number of nitrogens with zero attached hydrogens (tertiary/aromatic N) is 5. The number of aryl methyl sites for hydroxylation is 1. The number of hydrogen-bond donors (Lipinski definition) is 1. The molecule has 3 heterocycles. The molecule has 0 aliphatic heterocycles. The van der Waals surface area contributed by atoms with Crippen molar-refractivity contribution >= 4 is 28.8 Å². The maximum absolute atomic E-state index is 10.8. The van der Waals surface area contributed by atoms with E-state index < -0.39 is 5.97 Å². The third-order valence-corrected chi connectivity index (χ3v) is 4.04.